The smallest absolute Gasteiger partial charge is 0.251 e. The third kappa shape index (κ3) is 4.94. The average molecular weight is 491 g/mol. The molecule has 2 aromatic heterocycles. The highest BCUT2D eigenvalue weighted by molar-refractivity contribution is 5.95. The number of carbonyl (C=O) groups is 1. The van der Waals surface area contributed by atoms with Crippen molar-refractivity contribution in [3.8, 4) is 11.5 Å². The molecule has 4 aromatic rings. The number of piperidine rings is 1. The minimum absolute atomic E-state index is 0.185. The quantitative estimate of drug-likeness (QED) is 0.359. The number of hydrogen-bond acceptors (Lipinski definition) is 7. The fourth-order valence-corrected chi connectivity index (χ4v) is 4.26. The Morgan fingerprint density at radius 1 is 1.00 bits per heavy atom. The molecule has 0 atom stereocenters. The highest BCUT2D eigenvalue weighted by Gasteiger charge is 2.39. The van der Waals surface area contributed by atoms with E-state index in [-0.39, 0.29) is 12.1 Å². The average Bonchev–Trinajstić information content (AvgIpc) is 3.41. The lowest BCUT2D eigenvalue weighted by atomic mass is 9.87. The molecule has 5 rings (SSSR count). The monoisotopic (exact) mass is 490 g/mol. The van der Waals surface area contributed by atoms with Gasteiger partial charge in [-0.3, -0.25) is 9.78 Å². The number of hydrogen-bond donors (Lipinski definition) is 3. The second kappa shape index (κ2) is 10.2. The lowest BCUT2D eigenvalue weighted by Gasteiger charge is -2.36. The van der Waals surface area contributed by atoms with Crippen molar-refractivity contribution >= 4 is 11.6 Å². The number of aromatic nitrogens is 3. The molecule has 0 spiro atoms. The third-order valence-corrected chi connectivity index (χ3v) is 6.21. The van der Waals surface area contributed by atoms with Gasteiger partial charge in [0, 0.05) is 41.3 Å². The number of pyridine rings is 1. The van der Waals surface area contributed by atoms with Crippen molar-refractivity contribution in [1.82, 2.24) is 25.8 Å². The van der Waals surface area contributed by atoms with Gasteiger partial charge in [0.05, 0.1) is 0 Å². The van der Waals surface area contributed by atoms with E-state index in [9.17, 15) is 13.6 Å². The van der Waals surface area contributed by atoms with E-state index in [0.717, 1.165) is 30.8 Å². The van der Waals surface area contributed by atoms with Gasteiger partial charge in [-0.2, -0.15) is 0 Å². The Labute approximate surface area is 206 Å². The van der Waals surface area contributed by atoms with Crippen molar-refractivity contribution < 1.29 is 18.0 Å². The van der Waals surface area contributed by atoms with E-state index in [1.807, 2.05) is 6.07 Å². The number of nitrogens with one attached hydrogen (secondary N) is 3. The Kier molecular flexibility index (Phi) is 6.68. The summed E-state index contributed by atoms with van der Waals surface area (Å²) >= 11 is 0. The van der Waals surface area contributed by atoms with Gasteiger partial charge in [0.25, 0.3) is 5.91 Å². The summed E-state index contributed by atoms with van der Waals surface area (Å²) in [5, 5.41) is 18.0. The van der Waals surface area contributed by atoms with Crippen molar-refractivity contribution in [3.63, 3.8) is 0 Å². The zero-order chi connectivity index (χ0) is 25.0. The number of rotatable bonds is 7. The Morgan fingerprint density at radius 3 is 2.47 bits per heavy atom. The van der Waals surface area contributed by atoms with Crippen LogP contribution in [0.5, 0.6) is 0 Å². The largest absolute Gasteiger partial charge is 0.418 e. The molecular weight excluding hydrogens is 466 g/mol. The number of anilines is 1. The van der Waals surface area contributed by atoms with Gasteiger partial charge in [-0.05, 0) is 68.4 Å². The van der Waals surface area contributed by atoms with Gasteiger partial charge in [-0.1, -0.05) is 12.1 Å². The summed E-state index contributed by atoms with van der Waals surface area (Å²) in [6, 6.07) is 14.1. The van der Waals surface area contributed by atoms with Gasteiger partial charge in [-0.25, -0.2) is 8.78 Å². The molecule has 1 aliphatic heterocycles. The van der Waals surface area contributed by atoms with E-state index < -0.39 is 23.1 Å². The second-order valence-electron chi connectivity index (χ2n) is 8.57. The van der Waals surface area contributed by atoms with Gasteiger partial charge in [-0.15, -0.1) is 10.2 Å². The SMILES string of the molecule is O=C(NCc1c(F)cccc1F)c1cccc(NC2(c3nnc(-c4ccncc4)o3)CCNCC2)c1. The van der Waals surface area contributed by atoms with Crippen LogP contribution in [0.2, 0.25) is 0 Å². The van der Waals surface area contributed by atoms with Crippen LogP contribution in [0.4, 0.5) is 14.5 Å². The van der Waals surface area contributed by atoms with Crippen LogP contribution in [-0.4, -0.2) is 34.2 Å². The minimum Gasteiger partial charge on any atom is -0.418 e. The molecule has 184 valence electrons. The summed E-state index contributed by atoms with van der Waals surface area (Å²) < 4.78 is 33.9. The number of nitrogens with zero attached hydrogens (tertiary/aromatic N) is 3. The summed E-state index contributed by atoms with van der Waals surface area (Å²) in [5.41, 5.74) is 0.997. The maximum atomic E-state index is 13.9. The first kappa shape index (κ1) is 23.6. The van der Waals surface area contributed by atoms with Gasteiger partial charge in [0.15, 0.2) is 0 Å². The molecule has 3 N–H and O–H groups in total. The van der Waals surface area contributed by atoms with Crippen molar-refractivity contribution in [2.45, 2.75) is 24.9 Å². The fourth-order valence-electron chi connectivity index (χ4n) is 4.26. The molecule has 8 nitrogen and oxygen atoms in total. The van der Waals surface area contributed by atoms with E-state index in [1.54, 1.807) is 42.7 Å². The van der Waals surface area contributed by atoms with Crippen LogP contribution < -0.4 is 16.0 Å². The van der Waals surface area contributed by atoms with Gasteiger partial charge < -0.3 is 20.4 Å². The zero-order valence-corrected chi connectivity index (χ0v) is 19.3. The van der Waals surface area contributed by atoms with Crippen LogP contribution in [0, 0.1) is 11.6 Å². The molecule has 0 saturated carbocycles. The van der Waals surface area contributed by atoms with E-state index >= 15 is 0 Å². The van der Waals surface area contributed by atoms with Crippen LogP contribution in [0.25, 0.3) is 11.5 Å². The van der Waals surface area contributed by atoms with Crippen LogP contribution in [-0.2, 0) is 12.1 Å². The summed E-state index contributed by atoms with van der Waals surface area (Å²) in [6.07, 6.45) is 4.70. The lowest BCUT2D eigenvalue weighted by Crippen LogP contribution is -2.45. The first-order chi connectivity index (χ1) is 17.5. The predicted molar refractivity (Wildman–Crippen MR) is 129 cm³/mol. The summed E-state index contributed by atoms with van der Waals surface area (Å²) in [7, 11) is 0. The summed E-state index contributed by atoms with van der Waals surface area (Å²) in [5.74, 6) is -0.992. The molecule has 0 aliphatic carbocycles. The lowest BCUT2D eigenvalue weighted by molar-refractivity contribution is 0.0950. The van der Waals surface area contributed by atoms with Crippen molar-refractivity contribution in [3.05, 3.63) is 95.6 Å². The molecule has 1 amide bonds. The van der Waals surface area contributed by atoms with E-state index in [0.29, 0.717) is 35.9 Å². The highest BCUT2D eigenvalue weighted by atomic mass is 19.1. The predicted octanol–water partition coefficient (Wildman–Crippen LogP) is 4.03. The topological polar surface area (TPSA) is 105 Å². The first-order valence-electron chi connectivity index (χ1n) is 11.6. The Hall–Kier alpha value is -4.18. The van der Waals surface area contributed by atoms with Crippen LogP contribution >= 0.6 is 0 Å². The molecule has 1 saturated heterocycles. The summed E-state index contributed by atoms with van der Waals surface area (Å²) in [4.78, 5) is 16.8. The molecule has 3 heterocycles. The Balaban J connectivity index is 1.35. The van der Waals surface area contributed by atoms with E-state index in [1.165, 1.54) is 6.07 Å². The van der Waals surface area contributed by atoms with Gasteiger partial charge in [0.2, 0.25) is 11.8 Å². The second-order valence-corrected chi connectivity index (χ2v) is 8.57. The third-order valence-electron chi connectivity index (χ3n) is 6.21. The van der Waals surface area contributed by atoms with Crippen LogP contribution in [0.15, 0.2) is 71.4 Å². The summed E-state index contributed by atoms with van der Waals surface area (Å²) in [6.45, 7) is 1.23. The Morgan fingerprint density at radius 2 is 1.72 bits per heavy atom. The normalized spacial score (nSPS) is 14.8. The first-order valence-corrected chi connectivity index (χ1v) is 11.6. The highest BCUT2D eigenvalue weighted by Crippen LogP contribution is 2.35. The van der Waals surface area contributed by atoms with E-state index in [2.05, 4.69) is 31.1 Å². The van der Waals surface area contributed by atoms with Crippen molar-refractivity contribution in [1.29, 1.82) is 0 Å². The molecule has 0 bridgehead atoms. The molecule has 10 heteroatoms. The fraction of sp³-hybridized carbons (Fsp3) is 0.231. The standard InChI is InChI=1S/C26H24F2N6O2/c27-21-5-2-6-22(28)20(21)16-31-23(35)18-3-1-4-19(15-18)32-26(9-13-30-14-10-26)25-34-33-24(36-25)17-7-11-29-12-8-17/h1-8,11-12,15,30,32H,9-10,13-14,16H2,(H,31,35). The zero-order valence-electron chi connectivity index (χ0n) is 19.3. The van der Waals surface area contributed by atoms with E-state index in [4.69, 9.17) is 4.42 Å². The minimum atomic E-state index is -0.704. The molecule has 0 unspecified atom stereocenters. The molecule has 0 radical (unpaired) electrons. The van der Waals surface area contributed by atoms with Crippen molar-refractivity contribution in [2.24, 2.45) is 0 Å². The van der Waals surface area contributed by atoms with Gasteiger partial charge >= 0.3 is 0 Å². The number of amides is 1. The molecular formula is C26H24F2N6O2. The Bertz CT molecular complexity index is 1340. The van der Waals surface area contributed by atoms with Crippen molar-refractivity contribution in [2.75, 3.05) is 18.4 Å². The maximum absolute atomic E-state index is 13.9. The number of benzene rings is 2. The van der Waals surface area contributed by atoms with Crippen LogP contribution in [0.1, 0.15) is 34.7 Å². The maximum Gasteiger partial charge on any atom is 0.251 e. The number of halogens is 2. The van der Waals surface area contributed by atoms with Crippen LogP contribution in [0.3, 0.4) is 0 Å². The van der Waals surface area contributed by atoms with Gasteiger partial charge in [0.1, 0.15) is 17.2 Å². The number of carbonyl (C=O) groups excluding carboxylic acids is 1. The molecule has 1 aliphatic rings. The molecule has 36 heavy (non-hydrogen) atoms. The molecule has 1 fully saturated rings. The molecule has 2 aromatic carbocycles.